The number of piperidine rings is 1. The van der Waals surface area contributed by atoms with Gasteiger partial charge in [0.1, 0.15) is 0 Å². The molecule has 3 rings (SSSR count). The molecular formula is C20H29N3O3S. The van der Waals surface area contributed by atoms with Crippen LogP contribution in [0.2, 0.25) is 0 Å². The van der Waals surface area contributed by atoms with Gasteiger partial charge < -0.3 is 4.90 Å². The topological polar surface area (TPSA) is 60.9 Å². The Labute approximate surface area is 162 Å². The zero-order valence-corrected chi connectivity index (χ0v) is 16.8. The van der Waals surface area contributed by atoms with Crippen molar-refractivity contribution in [1.82, 2.24) is 14.1 Å². The van der Waals surface area contributed by atoms with E-state index >= 15 is 0 Å². The van der Waals surface area contributed by atoms with Crippen molar-refractivity contribution in [2.75, 3.05) is 45.8 Å². The number of nitrogens with zero attached hydrogens (tertiary/aromatic N) is 3. The van der Waals surface area contributed by atoms with Gasteiger partial charge in [0, 0.05) is 38.1 Å². The van der Waals surface area contributed by atoms with E-state index in [9.17, 15) is 13.2 Å². The predicted molar refractivity (Wildman–Crippen MR) is 107 cm³/mol. The SMILES string of the molecule is C[C@H]1CCCN(CC(=O)N2CCN(S(=O)(=O)/C=C/c3ccccc3)CC2)C1. The lowest BCUT2D eigenvalue weighted by atomic mass is 10.0. The number of carbonyl (C=O) groups is 1. The maximum Gasteiger partial charge on any atom is 0.236 e. The fourth-order valence-corrected chi connectivity index (χ4v) is 4.90. The molecular weight excluding hydrogens is 362 g/mol. The van der Waals surface area contributed by atoms with Crippen molar-refractivity contribution in [2.45, 2.75) is 19.8 Å². The molecule has 0 N–H and O–H groups in total. The first-order valence-corrected chi connectivity index (χ1v) is 11.2. The van der Waals surface area contributed by atoms with Gasteiger partial charge in [-0.1, -0.05) is 37.3 Å². The lowest BCUT2D eigenvalue weighted by molar-refractivity contribution is -0.134. The Morgan fingerprint density at radius 2 is 1.81 bits per heavy atom. The number of benzene rings is 1. The number of sulfonamides is 1. The Balaban J connectivity index is 1.50. The number of piperazine rings is 1. The molecule has 0 saturated carbocycles. The third-order valence-electron chi connectivity index (χ3n) is 5.28. The highest BCUT2D eigenvalue weighted by atomic mass is 32.2. The molecule has 6 nitrogen and oxygen atoms in total. The van der Waals surface area contributed by atoms with Gasteiger partial charge in [0.25, 0.3) is 0 Å². The largest absolute Gasteiger partial charge is 0.339 e. The Morgan fingerprint density at radius 1 is 1.11 bits per heavy atom. The molecule has 1 aromatic rings. The van der Waals surface area contributed by atoms with Gasteiger partial charge in [0.2, 0.25) is 15.9 Å². The van der Waals surface area contributed by atoms with Gasteiger partial charge in [-0.3, -0.25) is 9.69 Å². The molecule has 0 spiro atoms. The summed E-state index contributed by atoms with van der Waals surface area (Å²) in [7, 11) is -3.46. The molecule has 0 aromatic heterocycles. The Kier molecular flexibility index (Phi) is 6.68. The van der Waals surface area contributed by atoms with Gasteiger partial charge in [-0.25, -0.2) is 8.42 Å². The van der Waals surface area contributed by atoms with E-state index in [1.165, 1.54) is 16.1 Å². The summed E-state index contributed by atoms with van der Waals surface area (Å²) in [4.78, 5) is 16.6. The quantitative estimate of drug-likeness (QED) is 0.769. The molecule has 2 aliphatic heterocycles. The van der Waals surface area contributed by atoms with Crippen LogP contribution in [-0.2, 0) is 14.8 Å². The highest BCUT2D eigenvalue weighted by Crippen LogP contribution is 2.16. The van der Waals surface area contributed by atoms with Crippen LogP contribution < -0.4 is 0 Å². The maximum absolute atomic E-state index is 12.5. The fourth-order valence-electron chi connectivity index (χ4n) is 3.73. The summed E-state index contributed by atoms with van der Waals surface area (Å²) in [5, 5.41) is 1.26. The average molecular weight is 392 g/mol. The number of amides is 1. The third kappa shape index (κ3) is 5.64. The summed E-state index contributed by atoms with van der Waals surface area (Å²) in [5.41, 5.74) is 0.852. The molecule has 0 radical (unpaired) electrons. The minimum Gasteiger partial charge on any atom is -0.339 e. The minimum atomic E-state index is -3.46. The van der Waals surface area contributed by atoms with Crippen LogP contribution in [0.25, 0.3) is 6.08 Å². The second-order valence-electron chi connectivity index (χ2n) is 7.52. The number of rotatable bonds is 5. The van der Waals surface area contributed by atoms with Gasteiger partial charge in [0.15, 0.2) is 0 Å². The Bertz CT molecular complexity index is 756. The van der Waals surface area contributed by atoms with Crippen LogP contribution in [0.15, 0.2) is 35.7 Å². The molecule has 2 saturated heterocycles. The third-order valence-corrected chi connectivity index (χ3v) is 6.85. The van der Waals surface area contributed by atoms with Gasteiger partial charge >= 0.3 is 0 Å². The number of hydrogen-bond acceptors (Lipinski definition) is 4. The summed E-state index contributed by atoms with van der Waals surface area (Å²) in [5.74, 6) is 0.755. The highest BCUT2D eigenvalue weighted by Gasteiger charge is 2.28. The molecule has 2 fully saturated rings. The van der Waals surface area contributed by atoms with E-state index in [4.69, 9.17) is 0 Å². The van der Waals surface area contributed by atoms with Crippen LogP contribution in [-0.4, -0.2) is 74.2 Å². The summed E-state index contributed by atoms with van der Waals surface area (Å²) in [6, 6.07) is 9.38. The molecule has 0 unspecified atom stereocenters. The van der Waals surface area contributed by atoms with Gasteiger partial charge in [-0.05, 0) is 36.9 Å². The first-order chi connectivity index (χ1) is 12.9. The molecule has 1 atom stereocenters. The van der Waals surface area contributed by atoms with E-state index in [1.54, 1.807) is 11.0 Å². The minimum absolute atomic E-state index is 0.112. The van der Waals surface area contributed by atoms with Crippen LogP contribution >= 0.6 is 0 Å². The number of hydrogen-bond donors (Lipinski definition) is 0. The molecule has 1 aromatic carbocycles. The van der Waals surface area contributed by atoms with Crippen LogP contribution in [0.1, 0.15) is 25.3 Å². The average Bonchev–Trinajstić information content (AvgIpc) is 2.67. The normalized spacial score (nSPS) is 23.0. The molecule has 0 bridgehead atoms. The molecule has 2 heterocycles. The molecule has 148 valence electrons. The summed E-state index contributed by atoms with van der Waals surface area (Å²) < 4.78 is 26.5. The standard InChI is InChI=1S/C20H29N3O3S/c1-18-6-5-10-21(16-18)17-20(24)22-11-13-23(14-12-22)27(25,26)15-9-19-7-3-2-4-8-19/h2-4,7-9,15,18H,5-6,10-14,16-17H2,1H3/b15-9+/t18-/m0/s1. The highest BCUT2D eigenvalue weighted by molar-refractivity contribution is 7.92. The van der Waals surface area contributed by atoms with Crippen molar-refractivity contribution < 1.29 is 13.2 Å². The van der Waals surface area contributed by atoms with Crippen molar-refractivity contribution >= 4 is 22.0 Å². The van der Waals surface area contributed by atoms with Crippen LogP contribution in [0.5, 0.6) is 0 Å². The molecule has 27 heavy (non-hydrogen) atoms. The first kappa shape index (κ1) is 20.0. The number of carbonyl (C=O) groups excluding carboxylic acids is 1. The van der Waals surface area contributed by atoms with Crippen LogP contribution in [0, 0.1) is 5.92 Å². The predicted octanol–water partition coefficient (Wildman–Crippen LogP) is 1.86. The zero-order valence-electron chi connectivity index (χ0n) is 16.0. The lowest BCUT2D eigenvalue weighted by Crippen LogP contribution is -2.52. The van der Waals surface area contributed by atoms with Gasteiger partial charge in [-0.2, -0.15) is 4.31 Å². The van der Waals surface area contributed by atoms with Crippen molar-refractivity contribution in [3.63, 3.8) is 0 Å². The van der Waals surface area contributed by atoms with E-state index in [-0.39, 0.29) is 5.91 Å². The summed E-state index contributed by atoms with van der Waals surface area (Å²) >= 11 is 0. The molecule has 2 aliphatic rings. The second kappa shape index (κ2) is 8.99. The van der Waals surface area contributed by atoms with Gasteiger partial charge in [-0.15, -0.1) is 0 Å². The summed E-state index contributed by atoms with van der Waals surface area (Å²) in [6.07, 6.45) is 4.00. The van der Waals surface area contributed by atoms with E-state index in [0.29, 0.717) is 38.6 Å². The Hall–Kier alpha value is -1.70. The molecule has 1 amide bonds. The zero-order chi connectivity index (χ0) is 19.3. The molecule has 0 aliphatic carbocycles. The van der Waals surface area contributed by atoms with E-state index < -0.39 is 10.0 Å². The monoisotopic (exact) mass is 391 g/mol. The second-order valence-corrected chi connectivity index (χ2v) is 9.34. The number of likely N-dealkylation sites (tertiary alicyclic amines) is 1. The van der Waals surface area contributed by atoms with E-state index in [2.05, 4.69) is 11.8 Å². The van der Waals surface area contributed by atoms with E-state index in [1.807, 2.05) is 30.3 Å². The van der Waals surface area contributed by atoms with Crippen molar-refractivity contribution in [1.29, 1.82) is 0 Å². The van der Waals surface area contributed by atoms with Gasteiger partial charge in [0.05, 0.1) is 6.54 Å². The molecule has 7 heteroatoms. The fraction of sp³-hybridized carbons (Fsp3) is 0.550. The van der Waals surface area contributed by atoms with E-state index in [0.717, 1.165) is 25.1 Å². The van der Waals surface area contributed by atoms with Crippen LogP contribution in [0.3, 0.4) is 0 Å². The first-order valence-electron chi connectivity index (χ1n) is 9.67. The van der Waals surface area contributed by atoms with Crippen molar-refractivity contribution in [2.24, 2.45) is 5.92 Å². The van der Waals surface area contributed by atoms with Crippen LogP contribution in [0.4, 0.5) is 0 Å². The van der Waals surface area contributed by atoms with Crippen molar-refractivity contribution in [3.05, 3.63) is 41.3 Å². The summed E-state index contributed by atoms with van der Waals surface area (Å²) in [6.45, 7) is 6.25. The maximum atomic E-state index is 12.5. The van der Waals surface area contributed by atoms with Crippen molar-refractivity contribution in [3.8, 4) is 0 Å². The Morgan fingerprint density at radius 3 is 2.48 bits per heavy atom. The lowest BCUT2D eigenvalue weighted by Gasteiger charge is -2.36. The smallest absolute Gasteiger partial charge is 0.236 e.